The molecule has 0 unspecified atom stereocenters. The highest BCUT2D eigenvalue weighted by molar-refractivity contribution is 5.78. The lowest BCUT2D eigenvalue weighted by Crippen LogP contribution is -2.49. The number of hydrogen-bond donors (Lipinski definition) is 1. The lowest BCUT2D eigenvalue weighted by molar-refractivity contribution is -0.138. The van der Waals surface area contributed by atoms with Crippen molar-refractivity contribution in [2.75, 3.05) is 32.7 Å². The Balaban J connectivity index is 1.71. The van der Waals surface area contributed by atoms with Gasteiger partial charge in [-0.3, -0.25) is 14.5 Å². The van der Waals surface area contributed by atoms with Gasteiger partial charge in [-0.1, -0.05) is 11.6 Å². The minimum atomic E-state index is -0.757. The molecule has 1 N–H and O–H groups in total. The van der Waals surface area contributed by atoms with Gasteiger partial charge in [0, 0.05) is 39.1 Å². The van der Waals surface area contributed by atoms with Crippen molar-refractivity contribution in [3.05, 3.63) is 11.6 Å². The molecule has 5 heteroatoms. The molecular weight excluding hydrogens is 256 g/mol. The van der Waals surface area contributed by atoms with Crippen molar-refractivity contribution in [1.29, 1.82) is 0 Å². The second-order valence-electron chi connectivity index (χ2n) is 5.65. The summed E-state index contributed by atoms with van der Waals surface area (Å²) in [4.78, 5) is 26.8. The van der Waals surface area contributed by atoms with Gasteiger partial charge in [-0.25, -0.2) is 0 Å². The second kappa shape index (κ2) is 7.43. The molecular formula is C15H24N2O3. The summed E-state index contributed by atoms with van der Waals surface area (Å²) < 4.78 is 0. The summed E-state index contributed by atoms with van der Waals surface area (Å²) in [5.74, 6) is -0.524. The molecule has 0 spiro atoms. The largest absolute Gasteiger partial charge is 0.481 e. The van der Waals surface area contributed by atoms with Crippen molar-refractivity contribution >= 4 is 11.9 Å². The van der Waals surface area contributed by atoms with Gasteiger partial charge in [0.05, 0.1) is 6.42 Å². The third kappa shape index (κ3) is 4.63. The van der Waals surface area contributed by atoms with E-state index in [1.54, 1.807) is 0 Å². The summed E-state index contributed by atoms with van der Waals surface area (Å²) in [6.07, 6.45) is 7.64. The third-order valence-corrected chi connectivity index (χ3v) is 4.13. The zero-order chi connectivity index (χ0) is 14.4. The fourth-order valence-electron chi connectivity index (χ4n) is 2.85. The van der Waals surface area contributed by atoms with Crippen LogP contribution in [0.2, 0.25) is 0 Å². The maximum Gasteiger partial charge on any atom is 0.304 e. The Morgan fingerprint density at radius 2 is 1.90 bits per heavy atom. The molecule has 2 aliphatic rings. The first-order chi connectivity index (χ1) is 9.65. The molecule has 1 aliphatic carbocycles. The van der Waals surface area contributed by atoms with Crippen molar-refractivity contribution in [2.24, 2.45) is 0 Å². The predicted molar refractivity (Wildman–Crippen MR) is 76.4 cm³/mol. The van der Waals surface area contributed by atoms with Gasteiger partial charge in [0.1, 0.15) is 0 Å². The van der Waals surface area contributed by atoms with Crippen LogP contribution in [0, 0.1) is 0 Å². The Bertz CT molecular complexity index is 385. The number of carbonyl (C=O) groups excluding carboxylic acids is 1. The summed E-state index contributed by atoms with van der Waals surface area (Å²) in [5, 5.41) is 8.67. The molecule has 5 nitrogen and oxygen atoms in total. The Labute approximate surface area is 120 Å². The third-order valence-electron chi connectivity index (χ3n) is 4.13. The SMILES string of the molecule is O=C(O)CCN1CCN(C(=O)CC2=CCCCC2)CC1. The van der Waals surface area contributed by atoms with Crippen LogP contribution in [0.4, 0.5) is 0 Å². The van der Waals surface area contributed by atoms with Crippen LogP contribution in [0.1, 0.15) is 38.5 Å². The van der Waals surface area contributed by atoms with E-state index in [2.05, 4.69) is 11.0 Å². The van der Waals surface area contributed by atoms with Gasteiger partial charge in [0.15, 0.2) is 0 Å². The molecule has 20 heavy (non-hydrogen) atoms. The van der Waals surface area contributed by atoms with E-state index in [9.17, 15) is 9.59 Å². The smallest absolute Gasteiger partial charge is 0.304 e. The number of carbonyl (C=O) groups is 2. The number of allylic oxidation sites excluding steroid dienone is 1. The Kier molecular flexibility index (Phi) is 5.59. The standard InChI is InChI=1S/C15H24N2O3/c18-14(12-13-4-2-1-3-5-13)17-10-8-16(9-11-17)7-6-15(19)20/h4H,1-3,5-12H2,(H,19,20). The number of nitrogens with zero attached hydrogens (tertiary/aromatic N) is 2. The fraction of sp³-hybridized carbons (Fsp3) is 0.733. The van der Waals surface area contributed by atoms with Gasteiger partial charge in [-0.05, 0) is 25.7 Å². The average molecular weight is 280 g/mol. The van der Waals surface area contributed by atoms with Crippen LogP contribution in [0.3, 0.4) is 0 Å². The molecule has 1 fully saturated rings. The maximum absolute atomic E-state index is 12.2. The monoisotopic (exact) mass is 280 g/mol. The van der Waals surface area contributed by atoms with E-state index in [4.69, 9.17) is 5.11 Å². The summed E-state index contributed by atoms with van der Waals surface area (Å²) in [7, 11) is 0. The van der Waals surface area contributed by atoms with Crippen LogP contribution < -0.4 is 0 Å². The Morgan fingerprint density at radius 1 is 1.15 bits per heavy atom. The zero-order valence-corrected chi connectivity index (χ0v) is 12.0. The molecule has 0 bridgehead atoms. The van der Waals surface area contributed by atoms with Crippen molar-refractivity contribution in [1.82, 2.24) is 9.80 Å². The van der Waals surface area contributed by atoms with Crippen molar-refractivity contribution < 1.29 is 14.7 Å². The molecule has 1 aliphatic heterocycles. The first kappa shape index (κ1) is 15.0. The molecule has 0 aromatic heterocycles. The molecule has 0 radical (unpaired) electrons. The molecule has 1 amide bonds. The van der Waals surface area contributed by atoms with Gasteiger partial charge in [-0.2, -0.15) is 0 Å². The normalized spacial score (nSPS) is 20.6. The van der Waals surface area contributed by atoms with Gasteiger partial charge >= 0.3 is 5.97 Å². The zero-order valence-electron chi connectivity index (χ0n) is 12.0. The first-order valence-electron chi connectivity index (χ1n) is 7.55. The van der Waals surface area contributed by atoms with Crippen LogP contribution in [-0.2, 0) is 9.59 Å². The van der Waals surface area contributed by atoms with Gasteiger partial charge in [-0.15, -0.1) is 0 Å². The summed E-state index contributed by atoms with van der Waals surface area (Å²) in [6, 6.07) is 0. The van der Waals surface area contributed by atoms with Crippen LogP contribution >= 0.6 is 0 Å². The van der Waals surface area contributed by atoms with E-state index in [0.717, 1.165) is 39.0 Å². The van der Waals surface area contributed by atoms with E-state index in [0.29, 0.717) is 13.0 Å². The number of hydrogen-bond acceptors (Lipinski definition) is 3. The lowest BCUT2D eigenvalue weighted by atomic mass is 9.97. The van der Waals surface area contributed by atoms with E-state index in [1.807, 2.05) is 4.90 Å². The molecule has 0 atom stereocenters. The van der Waals surface area contributed by atoms with Gasteiger partial charge in [0.25, 0.3) is 0 Å². The van der Waals surface area contributed by atoms with Gasteiger partial charge < -0.3 is 10.0 Å². The minimum Gasteiger partial charge on any atom is -0.481 e. The number of amides is 1. The first-order valence-corrected chi connectivity index (χ1v) is 7.55. The van der Waals surface area contributed by atoms with Crippen molar-refractivity contribution in [3.63, 3.8) is 0 Å². The molecule has 0 aromatic rings. The predicted octanol–water partition coefficient (Wildman–Crippen LogP) is 1.50. The van der Waals surface area contributed by atoms with Crippen LogP contribution in [0.5, 0.6) is 0 Å². The van der Waals surface area contributed by atoms with Gasteiger partial charge in [0.2, 0.25) is 5.91 Å². The molecule has 1 heterocycles. The minimum absolute atomic E-state index is 0.181. The van der Waals surface area contributed by atoms with Crippen LogP contribution in [0.15, 0.2) is 11.6 Å². The maximum atomic E-state index is 12.2. The Hall–Kier alpha value is -1.36. The second-order valence-corrected chi connectivity index (χ2v) is 5.65. The van der Waals surface area contributed by atoms with E-state index in [-0.39, 0.29) is 12.3 Å². The fourth-order valence-corrected chi connectivity index (χ4v) is 2.85. The lowest BCUT2D eigenvalue weighted by Gasteiger charge is -2.34. The van der Waals surface area contributed by atoms with E-state index >= 15 is 0 Å². The Morgan fingerprint density at radius 3 is 2.50 bits per heavy atom. The average Bonchev–Trinajstić information content (AvgIpc) is 2.46. The van der Waals surface area contributed by atoms with Crippen LogP contribution in [0.25, 0.3) is 0 Å². The van der Waals surface area contributed by atoms with Crippen molar-refractivity contribution in [2.45, 2.75) is 38.5 Å². The highest BCUT2D eigenvalue weighted by atomic mass is 16.4. The molecule has 0 aromatic carbocycles. The molecule has 112 valence electrons. The summed E-state index contributed by atoms with van der Waals surface area (Å²) in [6.45, 7) is 3.62. The molecule has 2 rings (SSSR count). The van der Waals surface area contributed by atoms with E-state index in [1.165, 1.54) is 18.4 Å². The topological polar surface area (TPSA) is 60.9 Å². The number of carboxylic acids is 1. The molecule has 1 saturated heterocycles. The highest BCUT2D eigenvalue weighted by Crippen LogP contribution is 2.21. The highest BCUT2D eigenvalue weighted by Gasteiger charge is 2.22. The quantitative estimate of drug-likeness (QED) is 0.775. The van der Waals surface area contributed by atoms with Crippen LogP contribution in [-0.4, -0.2) is 59.5 Å². The van der Waals surface area contributed by atoms with Crippen molar-refractivity contribution in [3.8, 4) is 0 Å². The molecule has 0 saturated carbocycles. The number of aliphatic carboxylic acids is 1. The van der Waals surface area contributed by atoms with E-state index < -0.39 is 5.97 Å². The summed E-state index contributed by atoms with van der Waals surface area (Å²) >= 11 is 0. The number of rotatable bonds is 5. The number of carboxylic acid groups (broad SMARTS) is 1. The number of piperazine rings is 1. The summed E-state index contributed by atoms with van der Waals surface area (Å²) in [5.41, 5.74) is 1.30.